The first-order chi connectivity index (χ1) is 11.8. The van der Waals surface area contributed by atoms with E-state index in [-0.39, 0.29) is 6.29 Å². The summed E-state index contributed by atoms with van der Waals surface area (Å²) in [5, 5.41) is 17.5. The Bertz CT molecular complexity index is 762. The second-order valence-corrected chi connectivity index (χ2v) is 6.88. The molecule has 0 amide bonds. The molecule has 1 unspecified atom stereocenters. The second-order valence-electron chi connectivity index (χ2n) is 6.02. The molecule has 4 rings (SSSR count). The van der Waals surface area contributed by atoms with Crippen LogP contribution in [0.25, 0.3) is 0 Å². The molecule has 0 bridgehead atoms. The molecule has 1 saturated carbocycles. The van der Waals surface area contributed by atoms with Crippen LogP contribution in [0, 0.1) is 0 Å². The standard InChI is InChI=1S/C17H19BrN6/c18-13-10-20-17(19-9-11-4-2-1-3-5-11)22-16(13)21-15-8-14(23-24-15)12-6-7-12/h1-5,8,10,12,17,19,22H,6-7,9H2,(H2,21,23,24). The Balaban J connectivity index is 1.36. The van der Waals surface area contributed by atoms with E-state index in [2.05, 4.69) is 65.3 Å². The smallest absolute Gasteiger partial charge is 0.175 e. The summed E-state index contributed by atoms with van der Waals surface area (Å²) in [7, 11) is 0. The molecule has 2 aliphatic rings. The molecule has 1 aliphatic carbocycles. The van der Waals surface area contributed by atoms with Crippen molar-refractivity contribution < 1.29 is 0 Å². The molecule has 124 valence electrons. The van der Waals surface area contributed by atoms with Crippen LogP contribution in [0.1, 0.15) is 30.0 Å². The Morgan fingerprint density at radius 1 is 1.21 bits per heavy atom. The Morgan fingerprint density at radius 2 is 2.04 bits per heavy atom. The maximum Gasteiger partial charge on any atom is 0.175 e. The van der Waals surface area contributed by atoms with Crippen molar-refractivity contribution in [3.05, 3.63) is 58.0 Å². The summed E-state index contributed by atoms with van der Waals surface area (Å²) >= 11 is 3.52. The predicted molar refractivity (Wildman–Crippen MR) is 98.8 cm³/mol. The van der Waals surface area contributed by atoms with Gasteiger partial charge in [-0.15, -0.1) is 0 Å². The topological polar surface area (TPSA) is 77.1 Å². The molecule has 2 heterocycles. The van der Waals surface area contributed by atoms with Crippen molar-refractivity contribution in [2.75, 3.05) is 5.32 Å². The van der Waals surface area contributed by atoms with E-state index in [1.165, 1.54) is 24.1 Å². The lowest BCUT2D eigenvalue weighted by atomic mass is 10.2. The van der Waals surface area contributed by atoms with Crippen LogP contribution >= 0.6 is 15.9 Å². The first kappa shape index (κ1) is 15.4. The van der Waals surface area contributed by atoms with E-state index in [0.717, 1.165) is 22.7 Å². The molecule has 1 aromatic carbocycles. The number of hydrogen-bond acceptors (Lipinski definition) is 5. The van der Waals surface area contributed by atoms with Crippen molar-refractivity contribution in [3.63, 3.8) is 0 Å². The Kier molecular flexibility index (Phi) is 4.36. The van der Waals surface area contributed by atoms with Crippen LogP contribution in [0.2, 0.25) is 0 Å². The summed E-state index contributed by atoms with van der Waals surface area (Å²) in [6, 6.07) is 12.3. The van der Waals surface area contributed by atoms with Crippen LogP contribution in [0.3, 0.4) is 0 Å². The Hall–Kier alpha value is -2.12. The largest absolute Gasteiger partial charge is 0.337 e. The van der Waals surface area contributed by atoms with Crippen molar-refractivity contribution in [2.24, 2.45) is 4.99 Å². The molecule has 7 heteroatoms. The molecule has 4 N–H and O–H groups in total. The lowest BCUT2D eigenvalue weighted by molar-refractivity contribution is 0.473. The summed E-state index contributed by atoms with van der Waals surface area (Å²) in [6.07, 6.45) is 4.13. The fourth-order valence-corrected chi connectivity index (χ4v) is 2.92. The Morgan fingerprint density at radius 3 is 2.83 bits per heavy atom. The molecular formula is C17H19BrN6. The van der Waals surface area contributed by atoms with Crippen molar-refractivity contribution in [3.8, 4) is 0 Å². The summed E-state index contributed by atoms with van der Waals surface area (Å²) in [4.78, 5) is 4.44. The predicted octanol–water partition coefficient (Wildman–Crippen LogP) is 3.01. The molecule has 1 aliphatic heterocycles. The number of benzene rings is 1. The molecule has 6 nitrogen and oxygen atoms in total. The van der Waals surface area contributed by atoms with Gasteiger partial charge in [0.15, 0.2) is 12.1 Å². The van der Waals surface area contributed by atoms with Gasteiger partial charge in [-0.3, -0.25) is 15.4 Å². The van der Waals surface area contributed by atoms with Gasteiger partial charge in [-0.25, -0.2) is 0 Å². The average molecular weight is 387 g/mol. The Labute approximate surface area is 149 Å². The fraction of sp³-hybridized carbons (Fsp3) is 0.294. The summed E-state index contributed by atoms with van der Waals surface area (Å²) < 4.78 is 0.872. The van der Waals surface area contributed by atoms with Crippen molar-refractivity contribution >= 4 is 28.0 Å². The third kappa shape index (κ3) is 3.68. The maximum atomic E-state index is 4.44. The number of nitrogens with one attached hydrogen (secondary N) is 4. The van der Waals surface area contributed by atoms with Gasteiger partial charge >= 0.3 is 0 Å². The van der Waals surface area contributed by atoms with Gasteiger partial charge in [0.05, 0.1) is 4.48 Å². The zero-order valence-electron chi connectivity index (χ0n) is 13.1. The molecule has 1 fully saturated rings. The van der Waals surface area contributed by atoms with E-state index in [0.29, 0.717) is 5.92 Å². The van der Waals surface area contributed by atoms with Crippen LogP contribution < -0.4 is 16.0 Å². The van der Waals surface area contributed by atoms with Crippen LogP contribution in [-0.2, 0) is 6.54 Å². The molecule has 0 saturated heterocycles. The fourth-order valence-electron chi connectivity index (χ4n) is 2.59. The first-order valence-corrected chi connectivity index (χ1v) is 8.86. The lowest BCUT2D eigenvalue weighted by Gasteiger charge is -2.23. The zero-order valence-corrected chi connectivity index (χ0v) is 14.7. The van der Waals surface area contributed by atoms with Gasteiger partial charge in [0, 0.05) is 30.4 Å². The van der Waals surface area contributed by atoms with E-state index in [4.69, 9.17) is 0 Å². The summed E-state index contributed by atoms with van der Waals surface area (Å²) in [6.45, 7) is 0.745. The molecule has 2 aromatic rings. The summed E-state index contributed by atoms with van der Waals surface area (Å²) in [5.41, 5.74) is 2.43. The van der Waals surface area contributed by atoms with Gasteiger partial charge in [-0.05, 0) is 34.3 Å². The SMILES string of the molecule is BrC1=C(Nc2cc(C3CC3)[nH]n2)NC(NCc2ccccc2)N=C1. The number of hydrogen-bond donors (Lipinski definition) is 4. The molecule has 0 radical (unpaired) electrons. The van der Waals surface area contributed by atoms with E-state index in [1.54, 1.807) is 6.21 Å². The van der Waals surface area contributed by atoms with Gasteiger partial charge in [-0.2, -0.15) is 5.10 Å². The number of allylic oxidation sites excluding steroid dienone is 1. The van der Waals surface area contributed by atoms with E-state index < -0.39 is 0 Å². The number of H-pyrrole nitrogens is 1. The molecule has 24 heavy (non-hydrogen) atoms. The summed E-state index contributed by atoms with van der Waals surface area (Å²) in [5.74, 6) is 2.32. The van der Waals surface area contributed by atoms with Crippen LogP contribution in [0.4, 0.5) is 5.82 Å². The number of rotatable bonds is 6. The zero-order chi connectivity index (χ0) is 16.4. The highest BCUT2D eigenvalue weighted by Crippen LogP contribution is 2.39. The van der Waals surface area contributed by atoms with Crippen molar-refractivity contribution in [1.29, 1.82) is 0 Å². The van der Waals surface area contributed by atoms with E-state index >= 15 is 0 Å². The number of aliphatic imine (C=N–C) groups is 1. The van der Waals surface area contributed by atoms with Crippen LogP contribution in [-0.4, -0.2) is 22.7 Å². The van der Waals surface area contributed by atoms with Gasteiger partial charge in [0.25, 0.3) is 0 Å². The minimum atomic E-state index is -0.184. The van der Waals surface area contributed by atoms with Crippen LogP contribution in [0.15, 0.2) is 51.7 Å². The van der Waals surface area contributed by atoms with Gasteiger partial charge in [0.1, 0.15) is 5.82 Å². The molecular weight excluding hydrogens is 368 g/mol. The molecule has 1 aromatic heterocycles. The normalized spacial score (nSPS) is 20.1. The first-order valence-electron chi connectivity index (χ1n) is 8.07. The molecule has 1 atom stereocenters. The molecule has 0 spiro atoms. The van der Waals surface area contributed by atoms with Crippen molar-refractivity contribution in [2.45, 2.75) is 31.6 Å². The van der Waals surface area contributed by atoms with E-state index in [1.807, 2.05) is 18.2 Å². The number of halogens is 1. The highest BCUT2D eigenvalue weighted by Gasteiger charge is 2.26. The quantitative estimate of drug-likeness (QED) is 0.615. The van der Waals surface area contributed by atoms with Crippen molar-refractivity contribution in [1.82, 2.24) is 20.8 Å². The van der Waals surface area contributed by atoms with Crippen LogP contribution in [0.5, 0.6) is 0 Å². The highest BCUT2D eigenvalue weighted by molar-refractivity contribution is 9.12. The maximum absolute atomic E-state index is 4.44. The third-order valence-corrected chi connectivity index (χ3v) is 4.67. The monoisotopic (exact) mass is 386 g/mol. The van der Waals surface area contributed by atoms with Gasteiger partial charge in [0.2, 0.25) is 0 Å². The highest BCUT2D eigenvalue weighted by atomic mass is 79.9. The minimum Gasteiger partial charge on any atom is -0.337 e. The second kappa shape index (κ2) is 6.78. The lowest BCUT2D eigenvalue weighted by Crippen LogP contribution is -2.43. The van der Waals surface area contributed by atoms with Gasteiger partial charge < -0.3 is 10.6 Å². The average Bonchev–Trinajstić information content (AvgIpc) is 3.36. The number of nitrogens with zero attached hydrogens (tertiary/aromatic N) is 2. The number of aromatic nitrogens is 2. The number of anilines is 1. The third-order valence-electron chi connectivity index (χ3n) is 4.07. The van der Waals surface area contributed by atoms with Gasteiger partial charge in [-0.1, -0.05) is 30.3 Å². The number of aromatic amines is 1. The minimum absolute atomic E-state index is 0.184. The van der Waals surface area contributed by atoms with E-state index in [9.17, 15) is 0 Å².